The lowest BCUT2D eigenvalue weighted by Crippen LogP contribution is -2.70. The molecule has 3 aromatic rings. The predicted octanol–water partition coefficient (Wildman–Crippen LogP) is 3.54. The molecular weight excluding hydrogens is 442 g/mol. The Balaban J connectivity index is 1.12. The van der Waals surface area contributed by atoms with Crippen molar-refractivity contribution < 1.29 is 9.59 Å². The number of nitrogens with zero attached hydrogens (tertiary/aromatic N) is 2. The zero-order chi connectivity index (χ0) is 20.7. The van der Waals surface area contributed by atoms with Crippen molar-refractivity contribution in [1.29, 1.82) is 0 Å². The van der Waals surface area contributed by atoms with Crippen molar-refractivity contribution in [2.45, 2.75) is 12.1 Å². The maximum Gasteiger partial charge on any atom is 0.253 e. The predicted molar refractivity (Wildman–Crippen MR) is 121 cm³/mol. The molecule has 2 fully saturated rings. The molecule has 0 aliphatic carbocycles. The number of amides is 2. The van der Waals surface area contributed by atoms with Crippen LogP contribution in [0.3, 0.4) is 0 Å². The van der Waals surface area contributed by atoms with Gasteiger partial charge in [-0.15, -0.1) is 0 Å². The number of likely N-dealkylation sites (tertiary alicyclic amines) is 2. The number of fused-ring (bicyclic) bond motifs is 1. The van der Waals surface area contributed by atoms with E-state index in [-0.39, 0.29) is 17.9 Å². The van der Waals surface area contributed by atoms with Crippen LogP contribution >= 0.6 is 15.9 Å². The van der Waals surface area contributed by atoms with E-state index < -0.39 is 0 Å². The largest absolute Gasteiger partial charge is 0.347 e. The Morgan fingerprint density at radius 2 is 1.63 bits per heavy atom. The van der Waals surface area contributed by atoms with E-state index in [1.807, 2.05) is 71.6 Å². The molecule has 5 rings (SSSR count). The molecule has 1 N–H and O–H groups in total. The van der Waals surface area contributed by atoms with Crippen LogP contribution in [-0.2, 0) is 0 Å². The molecule has 5 nitrogen and oxygen atoms in total. The molecular formula is C24H22BrN3O2. The molecule has 0 radical (unpaired) electrons. The minimum atomic E-state index is -0.0198. The van der Waals surface area contributed by atoms with Gasteiger partial charge in [-0.1, -0.05) is 52.3 Å². The molecule has 152 valence electrons. The highest BCUT2D eigenvalue weighted by molar-refractivity contribution is 9.10. The fourth-order valence-electron chi connectivity index (χ4n) is 4.17. The molecule has 2 aliphatic heterocycles. The van der Waals surface area contributed by atoms with Gasteiger partial charge < -0.3 is 10.2 Å². The van der Waals surface area contributed by atoms with Crippen LogP contribution in [-0.4, -0.2) is 59.9 Å². The molecule has 2 aliphatic rings. The maximum atomic E-state index is 12.8. The van der Waals surface area contributed by atoms with Gasteiger partial charge in [-0.05, 0) is 41.1 Å². The zero-order valence-electron chi connectivity index (χ0n) is 16.4. The lowest BCUT2D eigenvalue weighted by Gasteiger charge is -2.51. The van der Waals surface area contributed by atoms with Crippen molar-refractivity contribution in [3.8, 4) is 0 Å². The zero-order valence-corrected chi connectivity index (χ0v) is 18.0. The number of halogens is 1. The summed E-state index contributed by atoms with van der Waals surface area (Å²) in [7, 11) is 0. The summed E-state index contributed by atoms with van der Waals surface area (Å²) in [5.74, 6) is 0.0659. The van der Waals surface area contributed by atoms with E-state index in [1.165, 1.54) is 0 Å². The summed E-state index contributed by atoms with van der Waals surface area (Å²) in [5.41, 5.74) is 1.43. The van der Waals surface area contributed by atoms with E-state index in [9.17, 15) is 9.59 Å². The quantitative estimate of drug-likeness (QED) is 0.643. The van der Waals surface area contributed by atoms with Gasteiger partial charge in [-0.2, -0.15) is 0 Å². The number of nitrogens with one attached hydrogen (secondary N) is 1. The number of carbonyl (C=O) groups is 2. The molecule has 2 amide bonds. The van der Waals surface area contributed by atoms with Crippen LogP contribution in [0, 0.1) is 0 Å². The van der Waals surface area contributed by atoms with Crippen LogP contribution in [0.1, 0.15) is 20.7 Å². The van der Waals surface area contributed by atoms with Crippen LogP contribution in [0.4, 0.5) is 0 Å². The first-order valence-electron chi connectivity index (χ1n) is 10.2. The van der Waals surface area contributed by atoms with Gasteiger partial charge in [0, 0.05) is 47.8 Å². The van der Waals surface area contributed by atoms with Gasteiger partial charge in [0.25, 0.3) is 11.8 Å². The number of hydrogen-bond acceptors (Lipinski definition) is 3. The van der Waals surface area contributed by atoms with E-state index >= 15 is 0 Å². The minimum Gasteiger partial charge on any atom is -0.347 e. The fourth-order valence-corrected chi connectivity index (χ4v) is 4.69. The molecule has 2 heterocycles. The summed E-state index contributed by atoms with van der Waals surface area (Å²) >= 11 is 3.56. The Hall–Kier alpha value is -2.70. The third kappa shape index (κ3) is 3.61. The van der Waals surface area contributed by atoms with Crippen LogP contribution in [0.2, 0.25) is 0 Å². The van der Waals surface area contributed by atoms with Gasteiger partial charge in [0.2, 0.25) is 0 Å². The number of carbonyl (C=O) groups excluding carboxylic acids is 2. The lowest BCUT2D eigenvalue weighted by atomic mass is 9.98. The van der Waals surface area contributed by atoms with Crippen molar-refractivity contribution in [3.05, 3.63) is 82.3 Å². The molecule has 0 atom stereocenters. The Kier molecular flexibility index (Phi) is 5.05. The van der Waals surface area contributed by atoms with Gasteiger partial charge in [0.1, 0.15) is 0 Å². The van der Waals surface area contributed by atoms with Crippen LogP contribution < -0.4 is 5.32 Å². The smallest absolute Gasteiger partial charge is 0.253 e. The molecule has 0 spiro atoms. The van der Waals surface area contributed by atoms with Gasteiger partial charge in [-0.3, -0.25) is 14.5 Å². The average Bonchev–Trinajstić information content (AvgIpc) is 2.71. The van der Waals surface area contributed by atoms with Gasteiger partial charge in [-0.25, -0.2) is 0 Å². The second kappa shape index (κ2) is 7.85. The SMILES string of the molecule is O=C(NC1CN(C2CN(C(=O)c3ccc4c(Br)cccc4c3)C2)C1)c1ccccc1. The van der Waals surface area contributed by atoms with Crippen LogP contribution in [0.25, 0.3) is 10.8 Å². The standard InChI is InChI=1S/C24H22BrN3O2/c25-22-8-4-7-17-11-18(9-10-21(17)22)24(30)28-14-20(15-28)27-12-19(13-27)26-23(29)16-5-2-1-3-6-16/h1-11,19-20H,12-15H2,(H,26,29). The summed E-state index contributed by atoms with van der Waals surface area (Å²) < 4.78 is 1.04. The highest BCUT2D eigenvalue weighted by atomic mass is 79.9. The topological polar surface area (TPSA) is 52.7 Å². The summed E-state index contributed by atoms with van der Waals surface area (Å²) in [6.07, 6.45) is 0. The summed E-state index contributed by atoms with van der Waals surface area (Å²) in [6.45, 7) is 3.17. The molecule has 30 heavy (non-hydrogen) atoms. The van der Waals surface area contributed by atoms with E-state index in [1.54, 1.807) is 0 Å². The van der Waals surface area contributed by atoms with Crippen LogP contribution in [0.15, 0.2) is 71.2 Å². The summed E-state index contributed by atoms with van der Waals surface area (Å²) in [4.78, 5) is 29.3. The maximum absolute atomic E-state index is 12.8. The van der Waals surface area contributed by atoms with Gasteiger partial charge >= 0.3 is 0 Å². The molecule has 0 unspecified atom stereocenters. The average molecular weight is 464 g/mol. The first-order valence-corrected chi connectivity index (χ1v) is 11.0. The second-order valence-electron chi connectivity index (χ2n) is 8.03. The Morgan fingerprint density at radius 1 is 0.867 bits per heavy atom. The van der Waals surface area contributed by atoms with Crippen molar-refractivity contribution in [2.24, 2.45) is 0 Å². The van der Waals surface area contributed by atoms with Crippen LogP contribution in [0.5, 0.6) is 0 Å². The van der Waals surface area contributed by atoms with Crippen molar-refractivity contribution in [2.75, 3.05) is 26.2 Å². The Bertz CT molecular complexity index is 1110. The van der Waals surface area contributed by atoms with E-state index in [4.69, 9.17) is 0 Å². The fraction of sp³-hybridized carbons (Fsp3) is 0.250. The van der Waals surface area contributed by atoms with Crippen molar-refractivity contribution in [3.63, 3.8) is 0 Å². The van der Waals surface area contributed by atoms with E-state index in [0.29, 0.717) is 11.6 Å². The highest BCUT2D eigenvalue weighted by Gasteiger charge is 2.41. The first kappa shape index (κ1) is 19.3. The number of rotatable bonds is 4. The third-order valence-corrected chi connectivity index (χ3v) is 6.71. The monoisotopic (exact) mass is 463 g/mol. The summed E-state index contributed by atoms with van der Waals surface area (Å²) in [6, 6.07) is 21.8. The second-order valence-corrected chi connectivity index (χ2v) is 8.88. The Labute approximate surface area is 183 Å². The molecule has 0 aromatic heterocycles. The molecule has 0 bridgehead atoms. The summed E-state index contributed by atoms with van der Waals surface area (Å²) in [5, 5.41) is 5.25. The third-order valence-electron chi connectivity index (χ3n) is 6.02. The minimum absolute atomic E-state index is 0.0198. The Morgan fingerprint density at radius 3 is 2.40 bits per heavy atom. The normalized spacial score (nSPS) is 17.4. The lowest BCUT2D eigenvalue weighted by molar-refractivity contribution is -0.00940. The molecule has 6 heteroatoms. The number of benzene rings is 3. The van der Waals surface area contributed by atoms with Gasteiger partial charge in [0.15, 0.2) is 0 Å². The van der Waals surface area contributed by atoms with Crippen molar-refractivity contribution >= 4 is 38.5 Å². The molecule has 3 aromatic carbocycles. The van der Waals surface area contributed by atoms with E-state index in [0.717, 1.165) is 47.0 Å². The van der Waals surface area contributed by atoms with E-state index in [2.05, 4.69) is 26.1 Å². The highest BCUT2D eigenvalue weighted by Crippen LogP contribution is 2.27. The van der Waals surface area contributed by atoms with Crippen molar-refractivity contribution in [1.82, 2.24) is 15.1 Å². The molecule has 0 saturated carbocycles. The van der Waals surface area contributed by atoms with Gasteiger partial charge in [0.05, 0.1) is 6.04 Å². The number of hydrogen-bond donors (Lipinski definition) is 1. The first-order chi connectivity index (χ1) is 14.6. The molecule has 2 saturated heterocycles.